The molecule has 2 N–H and O–H groups in total. The molecule has 0 aliphatic heterocycles. The molecule has 2 aromatic rings. The number of fused-ring (bicyclic) bond motifs is 1. The first-order valence-corrected chi connectivity index (χ1v) is 9.10. The molecule has 2 aromatic heterocycles. The van der Waals surface area contributed by atoms with Crippen LogP contribution < -0.4 is 5.32 Å². The van der Waals surface area contributed by atoms with Crippen LogP contribution in [0.4, 0.5) is 5.82 Å². The van der Waals surface area contributed by atoms with Gasteiger partial charge in [-0.05, 0) is 55.9 Å². The number of aromatic nitrogens is 2. The molecule has 4 nitrogen and oxygen atoms in total. The molecule has 5 heteroatoms. The molecule has 0 radical (unpaired) electrons. The predicted octanol–water partition coefficient (Wildman–Crippen LogP) is 3.91. The van der Waals surface area contributed by atoms with Crippen LogP contribution in [0, 0.1) is 12.8 Å². The van der Waals surface area contributed by atoms with Gasteiger partial charge in [0.05, 0.1) is 11.5 Å². The van der Waals surface area contributed by atoms with Gasteiger partial charge < -0.3 is 10.4 Å². The highest BCUT2D eigenvalue weighted by atomic mass is 32.1. The first-order valence-electron chi connectivity index (χ1n) is 8.22. The van der Waals surface area contributed by atoms with Crippen LogP contribution in [0.3, 0.4) is 0 Å². The molecule has 0 bridgehead atoms. The monoisotopic (exact) mass is 319 g/mol. The zero-order valence-electron chi connectivity index (χ0n) is 13.6. The number of hydrogen-bond acceptors (Lipinski definition) is 5. The number of nitrogens with one attached hydrogen (secondary N) is 1. The lowest BCUT2D eigenvalue weighted by molar-refractivity contribution is 0.126. The van der Waals surface area contributed by atoms with E-state index in [-0.39, 0.29) is 6.10 Å². The van der Waals surface area contributed by atoms with Crippen molar-refractivity contribution < 1.29 is 5.11 Å². The Balaban J connectivity index is 1.91. The van der Waals surface area contributed by atoms with Crippen molar-refractivity contribution >= 4 is 27.4 Å². The summed E-state index contributed by atoms with van der Waals surface area (Å²) < 4.78 is 0. The summed E-state index contributed by atoms with van der Waals surface area (Å²) in [7, 11) is 0. The van der Waals surface area contributed by atoms with Crippen LogP contribution >= 0.6 is 11.3 Å². The first-order chi connectivity index (χ1) is 10.5. The zero-order chi connectivity index (χ0) is 15.7. The maximum atomic E-state index is 9.67. The van der Waals surface area contributed by atoms with Gasteiger partial charge in [0.25, 0.3) is 0 Å². The number of nitrogens with zero attached hydrogens (tertiary/aromatic N) is 2. The molecule has 0 atom stereocenters. The summed E-state index contributed by atoms with van der Waals surface area (Å²) in [6.07, 6.45) is 4.72. The third-order valence-corrected chi connectivity index (χ3v) is 5.21. The molecule has 0 unspecified atom stereocenters. The van der Waals surface area contributed by atoms with Gasteiger partial charge >= 0.3 is 0 Å². The molecule has 0 saturated heterocycles. The second-order valence-electron chi connectivity index (χ2n) is 6.81. The minimum atomic E-state index is -0.122. The molecule has 2 heterocycles. The molecule has 1 aliphatic rings. The Morgan fingerprint density at radius 3 is 2.68 bits per heavy atom. The Kier molecular flexibility index (Phi) is 4.64. The lowest BCUT2D eigenvalue weighted by Crippen LogP contribution is -2.28. The first kappa shape index (κ1) is 15.7. The molecular formula is C17H25N3OS. The van der Waals surface area contributed by atoms with Crippen LogP contribution in [0.15, 0.2) is 5.38 Å². The summed E-state index contributed by atoms with van der Waals surface area (Å²) in [6, 6.07) is 0.410. The third-order valence-electron chi connectivity index (χ3n) is 4.29. The molecule has 120 valence electrons. The van der Waals surface area contributed by atoms with Crippen molar-refractivity contribution in [2.24, 2.45) is 5.92 Å². The smallest absolute Gasteiger partial charge is 0.139 e. The summed E-state index contributed by atoms with van der Waals surface area (Å²) in [5.74, 6) is 2.43. The number of anilines is 1. The topological polar surface area (TPSA) is 58.0 Å². The van der Waals surface area contributed by atoms with Crippen molar-refractivity contribution in [3.8, 4) is 0 Å². The Hall–Kier alpha value is -1.20. The molecule has 0 amide bonds. The van der Waals surface area contributed by atoms with Gasteiger partial charge in [-0.1, -0.05) is 13.8 Å². The maximum absolute atomic E-state index is 9.67. The highest BCUT2D eigenvalue weighted by Crippen LogP contribution is 2.33. The number of aryl methyl sites for hydroxylation is 1. The van der Waals surface area contributed by atoms with E-state index >= 15 is 0 Å². The minimum Gasteiger partial charge on any atom is -0.393 e. The SMILES string of the molecule is Cc1nc(NC2CCC(O)CC2)c2c(CC(C)C)csc2n1. The zero-order valence-corrected chi connectivity index (χ0v) is 14.4. The van der Waals surface area contributed by atoms with E-state index in [9.17, 15) is 5.11 Å². The van der Waals surface area contributed by atoms with Crippen LogP contribution in [-0.2, 0) is 6.42 Å². The fourth-order valence-corrected chi connectivity index (χ4v) is 4.21. The summed E-state index contributed by atoms with van der Waals surface area (Å²) in [5.41, 5.74) is 1.35. The summed E-state index contributed by atoms with van der Waals surface area (Å²) in [4.78, 5) is 10.4. The largest absolute Gasteiger partial charge is 0.393 e. The fourth-order valence-electron chi connectivity index (χ4n) is 3.22. The Morgan fingerprint density at radius 1 is 1.27 bits per heavy atom. The van der Waals surface area contributed by atoms with E-state index in [0.717, 1.165) is 48.6 Å². The number of rotatable bonds is 4. The highest BCUT2D eigenvalue weighted by molar-refractivity contribution is 7.17. The average Bonchev–Trinajstić information content (AvgIpc) is 2.83. The lowest BCUT2D eigenvalue weighted by atomic mass is 9.93. The Morgan fingerprint density at radius 2 is 2.00 bits per heavy atom. The third kappa shape index (κ3) is 3.41. The molecule has 1 fully saturated rings. The number of aliphatic hydroxyl groups is 1. The standard InChI is InChI=1S/C17H25N3OS/c1-10(2)8-12-9-22-17-15(12)16(18-11(3)19-17)20-13-4-6-14(21)7-5-13/h9-10,13-14,21H,4-8H2,1-3H3,(H,18,19,20). The molecule has 0 aromatic carbocycles. The van der Waals surface area contributed by atoms with E-state index in [2.05, 4.69) is 34.5 Å². The number of hydrogen-bond donors (Lipinski definition) is 2. The molecule has 3 rings (SSSR count). The van der Waals surface area contributed by atoms with Gasteiger partial charge in [0.2, 0.25) is 0 Å². The second kappa shape index (κ2) is 6.50. The molecule has 22 heavy (non-hydrogen) atoms. The maximum Gasteiger partial charge on any atom is 0.139 e. The summed E-state index contributed by atoms with van der Waals surface area (Å²) in [5, 5.41) is 16.7. The van der Waals surface area contributed by atoms with Gasteiger partial charge in [0.15, 0.2) is 0 Å². The molecule has 0 spiro atoms. The van der Waals surface area contributed by atoms with E-state index in [1.807, 2.05) is 6.92 Å². The van der Waals surface area contributed by atoms with Crippen molar-refractivity contribution in [3.05, 3.63) is 16.8 Å². The van der Waals surface area contributed by atoms with E-state index in [1.165, 1.54) is 10.9 Å². The van der Waals surface area contributed by atoms with Crippen LogP contribution in [0.25, 0.3) is 10.2 Å². The van der Waals surface area contributed by atoms with Gasteiger partial charge in [-0.25, -0.2) is 9.97 Å². The van der Waals surface area contributed by atoms with E-state index in [1.54, 1.807) is 11.3 Å². The van der Waals surface area contributed by atoms with Gasteiger partial charge in [0.1, 0.15) is 16.5 Å². The molecular weight excluding hydrogens is 294 g/mol. The van der Waals surface area contributed by atoms with Crippen molar-refractivity contribution in [2.45, 2.75) is 65.0 Å². The lowest BCUT2D eigenvalue weighted by Gasteiger charge is -2.27. The summed E-state index contributed by atoms with van der Waals surface area (Å²) in [6.45, 7) is 6.44. The van der Waals surface area contributed by atoms with Gasteiger partial charge in [-0.2, -0.15) is 0 Å². The number of thiophene rings is 1. The van der Waals surface area contributed by atoms with Crippen LogP contribution in [-0.4, -0.2) is 27.2 Å². The van der Waals surface area contributed by atoms with E-state index < -0.39 is 0 Å². The minimum absolute atomic E-state index is 0.122. The quantitative estimate of drug-likeness (QED) is 0.897. The van der Waals surface area contributed by atoms with Crippen LogP contribution in [0.5, 0.6) is 0 Å². The molecule has 1 aliphatic carbocycles. The van der Waals surface area contributed by atoms with Gasteiger partial charge in [-0.3, -0.25) is 0 Å². The van der Waals surface area contributed by atoms with Gasteiger partial charge in [0, 0.05) is 6.04 Å². The summed E-state index contributed by atoms with van der Waals surface area (Å²) >= 11 is 1.72. The second-order valence-corrected chi connectivity index (χ2v) is 7.67. The van der Waals surface area contributed by atoms with E-state index in [0.29, 0.717) is 12.0 Å². The predicted molar refractivity (Wildman–Crippen MR) is 92.6 cm³/mol. The average molecular weight is 319 g/mol. The van der Waals surface area contributed by atoms with E-state index in [4.69, 9.17) is 0 Å². The van der Waals surface area contributed by atoms with Crippen molar-refractivity contribution in [2.75, 3.05) is 5.32 Å². The molecule has 1 saturated carbocycles. The Bertz CT molecular complexity index is 645. The fraction of sp³-hybridized carbons (Fsp3) is 0.647. The van der Waals surface area contributed by atoms with Gasteiger partial charge in [-0.15, -0.1) is 11.3 Å². The van der Waals surface area contributed by atoms with Crippen molar-refractivity contribution in [3.63, 3.8) is 0 Å². The highest BCUT2D eigenvalue weighted by Gasteiger charge is 2.21. The number of aliphatic hydroxyl groups excluding tert-OH is 1. The van der Waals surface area contributed by atoms with Crippen LogP contribution in [0.2, 0.25) is 0 Å². The van der Waals surface area contributed by atoms with Crippen molar-refractivity contribution in [1.82, 2.24) is 9.97 Å². The normalized spacial score (nSPS) is 22.4. The van der Waals surface area contributed by atoms with Crippen molar-refractivity contribution in [1.29, 1.82) is 0 Å². The Labute approximate surface area is 136 Å². The van der Waals surface area contributed by atoms with Crippen LogP contribution in [0.1, 0.15) is 50.9 Å².